The predicted molar refractivity (Wildman–Crippen MR) is 86.7 cm³/mol. The number of imidazole rings is 1. The molecular formula is C18H25N3. The summed E-state index contributed by atoms with van der Waals surface area (Å²) in [4.78, 5) is 5.13. The van der Waals surface area contributed by atoms with Crippen LogP contribution in [-0.4, -0.2) is 22.6 Å². The van der Waals surface area contributed by atoms with Gasteiger partial charge in [0.1, 0.15) is 5.82 Å². The van der Waals surface area contributed by atoms with Crippen LogP contribution in [0.2, 0.25) is 0 Å². The first-order valence-corrected chi connectivity index (χ1v) is 8.31. The van der Waals surface area contributed by atoms with E-state index in [0.29, 0.717) is 12.0 Å². The molecule has 1 atom stereocenters. The van der Waals surface area contributed by atoms with Crippen LogP contribution in [0.5, 0.6) is 0 Å². The summed E-state index contributed by atoms with van der Waals surface area (Å²) in [7, 11) is 0. The summed E-state index contributed by atoms with van der Waals surface area (Å²) >= 11 is 0. The fraction of sp³-hybridized carbons (Fsp3) is 0.611. The molecule has 1 aromatic heterocycles. The molecule has 1 saturated carbocycles. The van der Waals surface area contributed by atoms with E-state index in [-0.39, 0.29) is 5.41 Å². The number of fused-ring (bicyclic) bond motifs is 1. The Morgan fingerprint density at radius 1 is 1.33 bits per heavy atom. The van der Waals surface area contributed by atoms with Crippen LogP contribution in [0.1, 0.15) is 50.5 Å². The summed E-state index contributed by atoms with van der Waals surface area (Å²) < 4.78 is 2.57. The SMILES string of the molecule is Cc1ccc2c(c1)nc(C1(C(C)C)CCNC1)n2C1CC1. The van der Waals surface area contributed by atoms with Crippen LogP contribution >= 0.6 is 0 Å². The Kier molecular flexibility index (Phi) is 2.90. The molecule has 3 nitrogen and oxygen atoms in total. The van der Waals surface area contributed by atoms with E-state index in [1.165, 1.54) is 41.7 Å². The molecule has 1 aromatic carbocycles. The highest BCUT2D eigenvalue weighted by Crippen LogP contribution is 2.45. The summed E-state index contributed by atoms with van der Waals surface area (Å²) in [5, 5.41) is 3.58. The van der Waals surface area contributed by atoms with Crippen molar-refractivity contribution in [3.8, 4) is 0 Å². The standard InChI is InChI=1S/C18H25N3/c1-12(2)18(8-9-19-11-18)17-20-15-10-13(3)4-7-16(15)21(17)14-5-6-14/h4,7,10,12,14,19H,5-6,8-9,11H2,1-3H3. The topological polar surface area (TPSA) is 29.9 Å². The highest BCUT2D eigenvalue weighted by atomic mass is 15.2. The summed E-state index contributed by atoms with van der Waals surface area (Å²) in [6.45, 7) is 9.05. The minimum atomic E-state index is 0.204. The first-order valence-electron chi connectivity index (χ1n) is 8.31. The Balaban J connectivity index is 1.97. The molecule has 2 heterocycles. The van der Waals surface area contributed by atoms with Crippen LogP contribution in [-0.2, 0) is 5.41 Å². The maximum absolute atomic E-state index is 5.13. The smallest absolute Gasteiger partial charge is 0.117 e. The molecule has 1 saturated heterocycles. The lowest BCUT2D eigenvalue weighted by atomic mass is 9.75. The lowest BCUT2D eigenvalue weighted by Gasteiger charge is -2.32. The molecule has 4 rings (SSSR count). The molecule has 1 unspecified atom stereocenters. The van der Waals surface area contributed by atoms with Gasteiger partial charge in [-0.2, -0.15) is 0 Å². The van der Waals surface area contributed by atoms with Crippen LogP contribution in [0.4, 0.5) is 0 Å². The summed E-state index contributed by atoms with van der Waals surface area (Å²) in [5.41, 5.74) is 4.03. The van der Waals surface area contributed by atoms with Gasteiger partial charge in [0.15, 0.2) is 0 Å². The first kappa shape index (κ1) is 13.3. The summed E-state index contributed by atoms with van der Waals surface area (Å²) in [5.74, 6) is 1.95. The Hall–Kier alpha value is -1.35. The third kappa shape index (κ3) is 1.94. The Morgan fingerprint density at radius 2 is 2.14 bits per heavy atom. The molecule has 0 spiro atoms. The van der Waals surface area contributed by atoms with Gasteiger partial charge in [-0.05, 0) is 56.3 Å². The van der Waals surface area contributed by atoms with Crippen molar-refractivity contribution in [1.82, 2.24) is 14.9 Å². The van der Waals surface area contributed by atoms with Crippen molar-refractivity contribution in [2.45, 2.75) is 51.5 Å². The number of nitrogens with zero attached hydrogens (tertiary/aromatic N) is 2. The van der Waals surface area contributed by atoms with Crippen molar-refractivity contribution in [3.63, 3.8) is 0 Å². The molecule has 2 fully saturated rings. The van der Waals surface area contributed by atoms with Gasteiger partial charge in [0.05, 0.1) is 11.0 Å². The lowest BCUT2D eigenvalue weighted by Crippen LogP contribution is -2.37. The van der Waals surface area contributed by atoms with E-state index in [9.17, 15) is 0 Å². The summed E-state index contributed by atoms with van der Waals surface area (Å²) in [6.07, 6.45) is 3.83. The predicted octanol–water partition coefficient (Wildman–Crippen LogP) is 3.57. The fourth-order valence-corrected chi connectivity index (χ4v) is 3.92. The largest absolute Gasteiger partial charge is 0.324 e. The Morgan fingerprint density at radius 3 is 2.76 bits per heavy atom. The lowest BCUT2D eigenvalue weighted by molar-refractivity contribution is 0.307. The first-order chi connectivity index (χ1) is 10.1. The van der Waals surface area contributed by atoms with Crippen LogP contribution in [0.3, 0.4) is 0 Å². The van der Waals surface area contributed by atoms with Gasteiger partial charge in [0, 0.05) is 18.0 Å². The van der Waals surface area contributed by atoms with E-state index < -0.39 is 0 Å². The fourth-order valence-electron chi connectivity index (χ4n) is 3.92. The maximum Gasteiger partial charge on any atom is 0.117 e. The normalized spacial score (nSPS) is 26.1. The van der Waals surface area contributed by atoms with E-state index in [2.05, 4.69) is 48.9 Å². The molecule has 1 aliphatic heterocycles. The third-order valence-corrected chi connectivity index (χ3v) is 5.50. The second kappa shape index (κ2) is 4.57. The van der Waals surface area contributed by atoms with Crippen LogP contribution < -0.4 is 5.32 Å². The van der Waals surface area contributed by atoms with Gasteiger partial charge >= 0.3 is 0 Å². The minimum absolute atomic E-state index is 0.204. The molecule has 0 amide bonds. The molecule has 2 aromatic rings. The zero-order chi connectivity index (χ0) is 14.6. The van der Waals surface area contributed by atoms with Gasteiger partial charge in [-0.25, -0.2) is 4.98 Å². The van der Waals surface area contributed by atoms with E-state index in [0.717, 1.165) is 13.1 Å². The Bertz CT molecular complexity index is 673. The highest BCUT2D eigenvalue weighted by molar-refractivity contribution is 5.77. The highest BCUT2D eigenvalue weighted by Gasteiger charge is 2.44. The van der Waals surface area contributed by atoms with E-state index in [1.807, 2.05) is 0 Å². The molecular weight excluding hydrogens is 258 g/mol. The zero-order valence-electron chi connectivity index (χ0n) is 13.3. The molecule has 0 radical (unpaired) electrons. The average molecular weight is 283 g/mol. The monoisotopic (exact) mass is 283 g/mol. The van der Waals surface area contributed by atoms with Gasteiger partial charge in [-0.1, -0.05) is 19.9 Å². The van der Waals surface area contributed by atoms with Gasteiger partial charge < -0.3 is 9.88 Å². The number of hydrogen-bond acceptors (Lipinski definition) is 2. The molecule has 2 aliphatic rings. The number of nitrogens with one attached hydrogen (secondary N) is 1. The van der Waals surface area contributed by atoms with Crippen LogP contribution in [0.25, 0.3) is 11.0 Å². The van der Waals surface area contributed by atoms with Gasteiger partial charge in [0.25, 0.3) is 0 Å². The molecule has 21 heavy (non-hydrogen) atoms. The number of aromatic nitrogens is 2. The van der Waals surface area contributed by atoms with Crippen molar-refractivity contribution >= 4 is 11.0 Å². The van der Waals surface area contributed by atoms with E-state index in [1.54, 1.807) is 0 Å². The second-order valence-corrected chi connectivity index (χ2v) is 7.27. The van der Waals surface area contributed by atoms with Crippen molar-refractivity contribution in [2.24, 2.45) is 5.92 Å². The summed E-state index contributed by atoms with van der Waals surface area (Å²) in [6, 6.07) is 7.43. The van der Waals surface area contributed by atoms with Gasteiger partial charge in [-0.3, -0.25) is 0 Å². The van der Waals surface area contributed by atoms with Gasteiger partial charge in [0.2, 0.25) is 0 Å². The van der Waals surface area contributed by atoms with Crippen LogP contribution in [0, 0.1) is 12.8 Å². The van der Waals surface area contributed by atoms with Gasteiger partial charge in [-0.15, -0.1) is 0 Å². The molecule has 1 N–H and O–H groups in total. The van der Waals surface area contributed by atoms with Crippen LogP contribution in [0.15, 0.2) is 18.2 Å². The minimum Gasteiger partial charge on any atom is -0.324 e. The average Bonchev–Trinajstić information content (AvgIpc) is 3.03. The maximum atomic E-state index is 5.13. The van der Waals surface area contributed by atoms with E-state index in [4.69, 9.17) is 4.98 Å². The second-order valence-electron chi connectivity index (χ2n) is 7.27. The Labute approximate surface area is 126 Å². The molecule has 112 valence electrons. The third-order valence-electron chi connectivity index (χ3n) is 5.50. The molecule has 0 bridgehead atoms. The molecule has 1 aliphatic carbocycles. The number of rotatable bonds is 3. The van der Waals surface area contributed by atoms with Crippen molar-refractivity contribution in [3.05, 3.63) is 29.6 Å². The van der Waals surface area contributed by atoms with Crippen molar-refractivity contribution in [1.29, 1.82) is 0 Å². The number of hydrogen-bond donors (Lipinski definition) is 1. The number of benzene rings is 1. The number of aryl methyl sites for hydroxylation is 1. The van der Waals surface area contributed by atoms with Crippen molar-refractivity contribution < 1.29 is 0 Å². The zero-order valence-corrected chi connectivity index (χ0v) is 13.3. The molecule has 3 heteroatoms. The quantitative estimate of drug-likeness (QED) is 0.933. The van der Waals surface area contributed by atoms with E-state index >= 15 is 0 Å². The van der Waals surface area contributed by atoms with Crippen molar-refractivity contribution in [2.75, 3.05) is 13.1 Å².